The molecule has 3 aromatic rings. The molecule has 0 unspecified atom stereocenters. The number of hydrogen-bond acceptors (Lipinski definition) is 6. The summed E-state index contributed by atoms with van der Waals surface area (Å²) in [6.45, 7) is -0.0771. The van der Waals surface area contributed by atoms with Crippen LogP contribution >= 0.6 is 11.6 Å². The quantitative estimate of drug-likeness (QED) is 0.671. The number of nitrogens with one attached hydrogen (secondary N) is 1. The first kappa shape index (κ1) is 19.0. The number of halogens is 2. The first-order chi connectivity index (χ1) is 12.8. The smallest absolute Gasteiger partial charge is 0.315 e. The average molecular weight is 410 g/mol. The van der Waals surface area contributed by atoms with Crippen molar-refractivity contribution in [3.05, 3.63) is 76.6 Å². The molecule has 140 valence electrons. The maximum absolute atomic E-state index is 13.5. The van der Waals surface area contributed by atoms with Crippen LogP contribution in [0.3, 0.4) is 0 Å². The van der Waals surface area contributed by atoms with Crippen LogP contribution in [0, 0.1) is 5.82 Å². The third kappa shape index (κ3) is 4.69. The Hall–Kier alpha value is -2.78. The van der Waals surface area contributed by atoms with E-state index in [1.54, 1.807) is 6.07 Å². The molecule has 0 aliphatic rings. The highest BCUT2D eigenvalue weighted by atomic mass is 35.5. The van der Waals surface area contributed by atoms with Gasteiger partial charge in [0.15, 0.2) is 15.7 Å². The second-order valence-electron chi connectivity index (χ2n) is 5.50. The standard InChI is InChI=1S/C17H13ClFN3O4S/c18-12-5-7-13(8-6-12)27(24,25)10-15-21-17(26-22-15)16(23)20-9-11-3-1-2-4-14(11)19/h1-8H,9-10H2,(H,20,23). The van der Waals surface area contributed by atoms with E-state index in [0.717, 1.165) is 0 Å². The zero-order valence-corrected chi connectivity index (χ0v) is 15.3. The van der Waals surface area contributed by atoms with E-state index < -0.39 is 33.2 Å². The van der Waals surface area contributed by atoms with Crippen molar-refractivity contribution in [1.29, 1.82) is 0 Å². The molecule has 0 aliphatic heterocycles. The van der Waals surface area contributed by atoms with Crippen molar-refractivity contribution >= 4 is 27.3 Å². The molecule has 1 N–H and O–H groups in total. The Morgan fingerprint density at radius 2 is 1.85 bits per heavy atom. The van der Waals surface area contributed by atoms with Crippen LogP contribution in [-0.2, 0) is 22.1 Å². The summed E-state index contributed by atoms with van der Waals surface area (Å²) in [5.41, 5.74) is 0.288. The summed E-state index contributed by atoms with van der Waals surface area (Å²) in [7, 11) is -3.73. The maximum Gasteiger partial charge on any atom is 0.315 e. The van der Waals surface area contributed by atoms with Crippen LogP contribution in [0.4, 0.5) is 4.39 Å². The summed E-state index contributed by atoms with van der Waals surface area (Å²) in [6, 6.07) is 11.6. The molecule has 0 saturated carbocycles. The number of rotatable bonds is 6. The molecular formula is C17H13ClFN3O4S. The fourth-order valence-corrected chi connectivity index (χ4v) is 3.49. The number of carbonyl (C=O) groups is 1. The highest BCUT2D eigenvalue weighted by molar-refractivity contribution is 7.90. The average Bonchev–Trinajstić information content (AvgIpc) is 3.09. The highest BCUT2D eigenvalue weighted by Crippen LogP contribution is 2.18. The van der Waals surface area contributed by atoms with E-state index in [2.05, 4.69) is 15.5 Å². The summed E-state index contributed by atoms with van der Waals surface area (Å²) in [5.74, 6) is -2.31. The van der Waals surface area contributed by atoms with Gasteiger partial charge in [0.05, 0.1) is 4.90 Å². The lowest BCUT2D eigenvalue weighted by molar-refractivity contribution is 0.0906. The van der Waals surface area contributed by atoms with Gasteiger partial charge in [0.2, 0.25) is 0 Å². The second kappa shape index (κ2) is 7.85. The van der Waals surface area contributed by atoms with Gasteiger partial charge in [0.25, 0.3) is 0 Å². The number of aromatic nitrogens is 2. The van der Waals surface area contributed by atoms with Crippen molar-refractivity contribution in [1.82, 2.24) is 15.5 Å². The third-order valence-electron chi connectivity index (χ3n) is 3.55. The predicted molar refractivity (Wildman–Crippen MR) is 94.2 cm³/mol. The Kier molecular flexibility index (Phi) is 5.52. The van der Waals surface area contributed by atoms with Gasteiger partial charge in [0.1, 0.15) is 11.6 Å². The Morgan fingerprint density at radius 3 is 2.56 bits per heavy atom. The molecule has 1 aromatic heterocycles. The number of sulfone groups is 1. The molecule has 0 aliphatic carbocycles. The molecule has 10 heteroatoms. The lowest BCUT2D eigenvalue weighted by Crippen LogP contribution is -2.23. The largest absolute Gasteiger partial charge is 0.344 e. The van der Waals surface area contributed by atoms with Gasteiger partial charge >= 0.3 is 11.8 Å². The first-order valence-electron chi connectivity index (χ1n) is 7.68. The van der Waals surface area contributed by atoms with Crippen LogP contribution in [-0.4, -0.2) is 24.5 Å². The van der Waals surface area contributed by atoms with E-state index in [4.69, 9.17) is 16.1 Å². The van der Waals surface area contributed by atoms with E-state index in [1.165, 1.54) is 42.5 Å². The zero-order chi connectivity index (χ0) is 19.4. The minimum atomic E-state index is -3.73. The van der Waals surface area contributed by atoms with E-state index in [0.29, 0.717) is 5.02 Å². The molecule has 1 amide bonds. The van der Waals surface area contributed by atoms with Gasteiger partial charge in [-0.3, -0.25) is 4.79 Å². The molecule has 0 fully saturated rings. The van der Waals surface area contributed by atoms with Crippen molar-refractivity contribution < 1.29 is 22.1 Å². The molecule has 7 nitrogen and oxygen atoms in total. The van der Waals surface area contributed by atoms with Gasteiger partial charge in [-0.05, 0) is 30.3 Å². The van der Waals surface area contributed by atoms with Gasteiger partial charge in [0, 0.05) is 17.1 Å². The third-order valence-corrected chi connectivity index (χ3v) is 5.43. The summed E-state index contributed by atoms with van der Waals surface area (Å²) < 4.78 is 43.0. The molecule has 0 spiro atoms. The maximum atomic E-state index is 13.5. The number of benzene rings is 2. The second-order valence-corrected chi connectivity index (χ2v) is 7.93. The fraction of sp³-hybridized carbons (Fsp3) is 0.118. The first-order valence-corrected chi connectivity index (χ1v) is 9.71. The van der Waals surface area contributed by atoms with Gasteiger partial charge in [-0.25, -0.2) is 12.8 Å². The molecule has 0 radical (unpaired) electrons. The van der Waals surface area contributed by atoms with Crippen molar-refractivity contribution in [2.45, 2.75) is 17.2 Å². The summed E-state index contributed by atoms with van der Waals surface area (Å²) in [4.78, 5) is 15.8. The SMILES string of the molecule is O=C(NCc1ccccc1F)c1nc(CS(=O)(=O)c2ccc(Cl)cc2)no1. The number of hydrogen-bond donors (Lipinski definition) is 1. The van der Waals surface area contributed by atoms with Crippen molar-refractivity contribution in [3.63, 3.8) is 0 Å². The fourth-order valence-electron chi connectivity index (χ4n) is 2.19. The number of carbonyl (C=O) groups excluding carboxylic acids is 1. The summed E-state index contributed by atoms with van der Waals surface area (Å²) >= 11 is 5.74. The summed E-state index contributed by atoms with van der Waals surface area (Å²) in [6.07, 6.45) is 0. The lowest BCUT2D eigenvalue weighted by Gasteiger charge is -2.03. The monoisotopic (exact) mass is 409 g/mol. The van der Waals surface area contributed by atoms with E-state index in [-0.39, 0.29) is 22.8 Å². The Balaban J connectivity index is 1.66. The van der Waals surface area contributed by atoms with E-state index >= 15 is 0 Å². The molecule has 2 aromatic carbocycles. The number of nitrogens with zero attached hydrogens (tertiary/aromatic N) is 2. The molecule has 0 bridgehead atoms. The van der Waals surface area contributed by atoms with Crippen LogP contribution in [0.2, 0.25) is 5.02 Å². The van der Waals surface area contributed by atoms with Crippen LogP contribution in [0.5, 0.6) is 0 Å². The number of amides is 1. The highest BCUT2D eigenvalue weighted by Gasteiger charge is 2.21. The van der Waals surface area contributed by atoms with E-state index in [9.17, 15) is 17.6 Å². The normalized spacial score (nSPS) is 11.3. The van der Waals surface area contributed by atoms with Gasteiger partial charge in [-0.2, -0.15) is 4.98 Å². The molecule has 1 heterocycles. The van der Waals surface area contributed by atoms with Gasteiger partial charge < -0.3 is 9.84 Å². The topological polar surface area (TPSA) is 102 Å². The molecule has 0 saturated heterocycles. The predicted octanol–water partition coefficient (Wildman–Crippen LogP) is 2.77. The van der Waals surface area contributed by atoms with Crippen LogP contribution in [0.1, 0.15) is 22.1 Å². The van der Waals surface area contributed by atoms with Crippen LogP contribution < -0.4 is 5.32 Å². The molecule has 0 atom stereocenters. The van der Waals surface area contributed by atoms with Crippen molar-refractivity contribution in [2.24, 2.45) is 0 Å². The molecule has 3 rings (SSSR count). The van der Waals surface area contributed by atoms with Crippen LogP contribution in [0.15, 0.2) is 57.9 Å². The van der Waals surface area contributed by atoms with Crippen molar-refractivity contribution in [3.8, 4) is 0 Å². The Labute approximate surface area is 159 Å². The Bertz CT molecular complexity index is 1070. The lowest BCUT2D eigenvalue weighted by atomic mass is 10.2. The minimum absolute atomic E-state index is 0.0438. The zero-order valence-electron chi connectivity index (χ0n) is 13.7. The molecular weight excluding hydrogens is 397 g/mol. The molecule has 27 heavy (non-hydrogen) atoms. The van der Waals surface area contributed by atoms with Gasteiger partial charge in [-0.1, -0.05) is 35.0 Å². The summed E-state index contributed by atoms with van der Waals surface area (Å²) in [5, 5.41) is 6.35. The van der Waals surface area contributed by atoms with E-state index in [1.807, 2.05) is 0 Å². The van der Waals surface area contributed by atoms with Crippen LogP contribution in [0.25, 0.3) is 0 Å². The van der Waals surface area contributed by atoms with Gasteiger partial charge in [-0.15, -0.1) is 0 Å². The Morgan fingerprint density at radius 1 is 1.15 bits per heavy atom. The minimum Gasteiger partial charge on any atom is -0.344 e. The van der Waals surface area contributed by atoms with Crippen molar-refractivity contribution in [2.75, 3.05) is 0 Å².